The minimum absolute atomic E-state index is 0.421. The zero-order chi connectivity index (χ0) is 10.2. The summed E-state index contributed by atoms with van der Waals surface area (Å²) >= 11 is 0. The maximum absolute atomic E-state index is 12.1. The van der Waals surface area contributed by atoms with Gasteiger partial charge >= 0.3 is 6.18 Å². The van der Waals surface area contributed by atoms with Crippen molar-refractivity contribution >= 4 is 0 Å². The zero-order valence-corrected chi connectivity index (χ0v) is 6.58. The lowest BCUT2D eigenvalue weighted by Crippen LogP contribution is -2.11. The molecule has 74 valence electrons. The summed E-state index contributed by atoms with van der Waals surface area (Å²) in [4.78, 5) is 0. The van der Waals surface area contributed by atoms with E-state index in [1.165, 1.54) is 0 Å². The van der Waals surface area contributed by atoms with Crippen LogP contribution in [0.3, 0.4) is 0 Å². The second-order valence-corrected chi connectivity index (χ2v) is 2.45. The first-order chi connectivity index (χ1) is 5.82. The van der Waals surface area contributed by atoms with Crippen LogP contribution in [0.25, 0.3) is 0 Å². The van der Waals surface area contributed by atoms with Gasteiger partial charge in [0.15, 0.2) is 6.29 Å². The Labute approximate surface area is 71.2 Å². The van der Waals surface area contributed by atoms with Gasteiger partial charge in [-0.3, -0.25) is 4.68 Å². The van der Waals surface area contributed by atoms with Crippen LogP contribution in [0.2, 0.25) is 0 Å². The molecule has 0 aliphatic rings. The fraction of sp³-hybridized carbons (Fsp3) is 0.500. The molecule has 0 aliphatic heterocycles. The summed E-state index contributed by atoms with van der Waals surface area (Å²) in [7, 11) is 1.08. The number of hydrogen-bond donors (Lipinski definition) is 2. The van der Waals surface area contributed by atoms with Crippen molar-refractivity contribution in [1.29, 1.82) is 0 Å². The van der Waals surface area contributed by atoms with Gasteiger partial charge in [0.25, 0.3) is 0 Å². The molecule has 0 unspecified atom stereocenters. The van der Waals surface area contributed by atoms with E-state index >= 15 is 0 Å². The Balaban J connectivity index is 3.11. The first kappa shape index (κ1) is 10.0. The number of alkyl halides is 3. The Morgan fingerprint density at radius 2 is 2.00 bits per heavy atom. The van der Waals surface area contributed by atoms with Crippen LogP contribution in [0.5, 0.6) is 0 Å². The normalized spacial score (nSPS) is 12.5. The maximum Gasteiger partial charge on any atom is 0.433 e. The molecule has 0 bridgehead atoms. The smallest absolute Gasteiger partial charge is 0.363 e. The van der Waals surface area contributed by atoms with Gasteiger partial charge in [0.1, 0.15) is 11.4 Å². The molecule has 4 nitrogen and oxygen atoms in total. The average molecular weight is 196 g/mol. The Kier molecular flexibility index (Phi) is 2.31. The van der Waals surface area contributed by atoms with Crippen molar-refractivity contribution in [2.24, 2.45) is 7.05 Å². The Bertz CT molecular complexity index is 305. The van der Waals surface area contributed by atoms with E-state index in [0.29, 0.717) is 10.7 Å². The number of rotatable bonds is 1. The summed E-state index contributed by atoms with van der Waals surface area (Å²) in [6.45, 7) is 0. The van der Waals surface area contributed by atoms with Gasteiger partial charge in [0, 0.05) is 7.05 Å². The van der Waals surface area contributed by atoms with Crippen molar-refractivity contribution < 1.29 is 23.4 Å². The van der Waals surface area contributed by atoms with Crippen LogP contribution in [-0.4, -0.2) is 20.0 Å². The van der Waals surface area contributed by atoms with Gasteiger partial charge in [0.2, 0.25) is 0 Å². The molecule has 0 saturated carbocycles. The van der Waals surface area contributed by atoms with E-state index < -0.39 is 23.9 Å². The fourth-order valence-electron chi connectivity index (χ4n) is 0.881. The lowest BCUT2D eigenvalue weighted by atomic mass is 10.3. The van der Waals surface area contributed by atoms with Crippen LogP contribution in [0, 0.1) is 0 Å². The molecule has 7 heteroatoms. The number of aliphatic hydroxyl groups is 2. The van der Waals surface area contributed by atoms with Gasteiger partial charge in [-0.1, -0.05) is 0 Å². The second-order valence-electron chi connectivity index (χ2n) is 2.45. The van der Waals surface area contributed by atoms with E-state index in [1.807, 2.05) is 0 Å². The first-order valence-electron chi connectivity index (χ1n) is 3.29. The molecule has 1 aromatic rings. The highest BCUT2D eigenvalue weighted by molar-refractivity contribution is 5.13. The largest absolute Gasteiger partial charge is 0.433 e. The Hall–Kier alpha value is -1.08. The molecular formula is C6H7F3N2O2. The lowest BCUT2D eigenvalue weighted by molar-refractivity contribution is -0.143. The summed E-state index contributed by atoms with van der Waals surface area (Å²) in [5.74, 6) is 0. The van der Waals surface area contributed by atoms with Crippen molar-refractivity contribution in [3.05, 3.63) is 17.5 Å². The van der Waals surface area contributed by atoms with Crippen molar-refractivity contribution in [1.82, 2.24) is 9.78 Å². The molecule has 0 spiro atoms. The van der Waals surface area contributed by atoms with Crippen molar-refractivity contribution in [2.45, 2.75) is 12.5 Å². The van der Waals surface area contributed by atoms with E-state index in [9.17, 15) is 13.2 Å². The Morgan fingerprint density at radius 1 is 1.46 bits per heavy atom. The van der Waals surface area contributed by atoms with E-state index in [0.717, 1.165) is 7.05 Å². The van der Waals surface area contributed by atoms with Gasteiger partial charge in [-0.2, -0.15) is 18.3 Å². The van der Waals surface area contributed by atoms with Gasteiger partial charge in [-0.15, -0.1) is 0 Å². The highest BCUT2D eigenvalue weighted by atomic mass is 19.4. The molecule has 13 heavy (non-hydrogen) atoms. The molecule has 0 radical (unpaired) electrons. The molecule has 0 amide bonds. The number of aryl methyl sites for hydroxylation is 1. The topological polar surface area (TPSA) is 58.3 Å². The lowest BCUT2D eigenvalue weighted by Gasteiger charge is -2.04. The third-order valence-corrected chi connectivity index (χ3v) is 1.45. The van der Waals surface area contributed by atoms with Gasteiger partial charge in [0.05, 0.1) is 0 Å². The van der Waals surface area contributed by atoms with Crippen LogP contribution < -0.4 is 0 Å². The number of aliphatic hydroxyl groups excluding tert-OH is 1. The third-order valence-electron chi connectivity index (χ3n) is 1.45. The van der Waals surface area contributed by atoms with Crippen LogP contribution in [-0.2, 0) is 13.2 Å². The van der Waals surface area contributed by atoms with E-state index in [-0.39, 0.29) is 0 Å². The summed E-state index contributed by atoms with van der Waals surface area (Å²) in [5.41, 5.74) is -1.44. The molecule has 1 aromatic heterocycles. The van der Waals surface area contributed by atoms with Crippen molar-refractivity contribution in [3.8, 4) is 0 Å². The van der Waals surface area contributed by atoms with Crippen LogP contribution in [0.4, 0.5) is 13.2 Å². The second kappa shape index (κ2) is 3.00. The molecule has 0 aromatic carbocycles. The number of hydrogen-bond acceptors (Lipinski definition) is 3. The molecule has 1 heterocycles. The molecule has 1 rings (SSSR count). The highest BCUT2D eigenvalue weighted by Crippen LogP contribution is 2.29. The van der Waals surface area contributed by atoms with Crippen LogP contribution >= 0.6 is 0 Å². The fourth-order valence-corrected chi connectivity index (χ4v) is 0.881. The molecule has 0 saturated heterocycles. The monoisotopic (exact) mass is 196 g/mol. The van der Waals surface area contributed by atoms with Gasteiger partial charge in [-0.05, 0) is 6.07 Å². The SMILES string of the molecule is Cn1nc(C(O)O)cc1C(F)(F)F. The Morgan fingerprint density at radius 3 is 2.23 bits per heavy atom. The number of nitrogens with zero attached hydrogens (tertiary/aromatic N) is 2. The zero-order valence-electron chi connectivity index (χ0n) is 6.58. The van der Waals surface area contributed by atoms with E-state index in [1.54, 1.807) is 0 Å². The average Bonchev–Trinajstić information content (AvgIpc) is 2.29. The first-order valence-corrected chi connectivity index (χ1v) is 3.29. The number of aromatic nitrogens is 2. The predicted octanol–water partition coefficient (Wildman–Crippen LogP) is 0.422. The molecule has 0 aliphatic carbocycles. The highest BCUT2D eigenvalue weighted by Gasteiger charge is 2.35. The predicted molar refractivity (Wildman–Crippen MR) is 35.4 cm³/mol. The molecule has 0 fully saturated rings. The summed E-state index contributed by atoms with van der Waals surface area (Å²) in [6.07, 6.45) is -6.52. The molecule has 2 N–H and O–H groups in total. The van der Waals surface area contributed by atoms with Crippen molar-refractivity contribution in [3.63, 3.8) is 0 Å². The van der Waals surface area contributed by atoms with Gasteiger partial charge < -0.3 is 10.2 Å². The minimum Gasteiger partial charge on any atom is -0.363 e. The van der Waals surface area contributed by atoms with Gasteiger partial charge in [-0.25, -0.2) is 0 Å². The van der Waals surface area contributed by atoms with E-state index in [2.05, 4.69) is 5.10 Å². The van der Waals surface area contributed by atoms with Crippen molar-refractivity contribution in [2.75, 3.05) is 0 Å². The summed E-state index contributed by atoms with van der Waals surface area (Å²) < 4.78 is 36.9. The molecule has 0 atom stereocenters. The standard InChI is InChI=1S/C6H7F3N2O2/c1-11-4(6(7,8)9)2-3(10-11)5(12)13/h2,5,12-13H,1H3. The maximum atomic E-state index is 12.1. The minimum atomic E-state index is -4.53. The van der Waals surface area contributed by atoms with E-state index in [4.69, 9.17) is 10.2 Å². The van der Waals surface area contributed by atoms with Crippen LogP contribution in [0.15, 0.2) is 6.07 Å². The van der Waals surface area contributed by atoms with Crippen LogP contribution in [0.1, 0.15) is 17.7 Å². The molecular weight excluding hydrogens is 189 g/mol. The quantitative estimate of drug-likeness (QED) is 0.640. The summed E-state index contributed by atoms with van der Waals surface area (Å²) in [6, 6.07) is 0.588. The third kappa shape index (κ3) is 1.99. The number of halogens is 3. The summed E-state index contributed by atoms with van der Waals surface area (Å²) in [5, 5.41) is 20.4.